The van der Waals surface area contributed by atoms with E-state index in [1.54, 1.807) is 21.5 Å². The van der Waals surface area contributed by atoms with Gasteiger partial charge in [-0.1, -0.05) is 38.8 Å². The van der Waals surface area contributed by atoms with Crippen molar-refractivity contribution in [1.82, 2.24) is 0 Å². The first-order valence-corrected chi connectivity index (χ1v) is 11.5. The van der Waals surface area contributed by atoms with Gasteiger partial charge in [-0.2, -0.15) is 0 Å². The maximum atomic E-state index is 6.38. The fourth-order valence-corrected chi connectivity index (χ4v) is 9.70. The summed E-state index contributed by atoms with van der Waals surface area (Å²) in [5.41, 5.74) is 3.27. The molecule has 3 heteroatoms. The Kier molecular flexibility index (Phi) is 6.70. The number of hydrogen-bond acceptors (Lipinski definition) is 2. The lowest BCUT2D eigenvalue weighted by Gasteiger charge is -2.37. The van der Waals surface area contributed by atoms with Gasteiger partial charge in [0.2, 0.25) is 0 Å². The van der Waals surface area contributed by atoms with Crippen molar-refractivity contribution in [2.24, 2.45) is 11.8 Å². The van der Waals surface area contributed by atoms with Crippen LogP contribution < -0.4 is 0 Å². The quantitative estimate of drug-likeness (QED) is 0.517. The summed E-state index contributed by atoms with van der Waals surface area (Å²) in [6, 6.07) is 0. The molecular weight excluding hydrogens is 300 g/mol. The Morgan fingerprint density at radius 3 is 1.43 bits per heavy atom. The summed E-state index contributed by atoms with van der Waals surface area (Å²) in [6.45, 7) is 9.27. The summed E-state index contributed by atoms with van der Waals surface area (Å²) in [5.74, 6) is 1.33. The van der Waals surface area contributed by atoms with E-state index in [2.05, 4.69) is 27.7 Å². The van der Waals surface area contributed by atoms with E-state index in [1.807, 2.05) is 14.2 Å². The first kappa shape index (κ1) is 18.9. The molecule has 132 valence electrons. The van der Waals surface area contributed by atoms with Gasteiger partial charge in [0.1, 0.15) is 0 Å². The van der Waals surface area contributed by atoms with Gasteiger partial charge in [-0.3, -0.25) is 0 Å². The van der Waals surface area contributed by atoms with Crippen molar-refractivity contribution in [1.29, 1.82) is 0 Å². The average molecular weight is 337 g/mol. The molecule has 0 spiro atoms. The molecule has 2 rings (SSSR count). The third-order valence-electron chi connectivity index (χ3n) is 6.29. The van der Waals surface area contributed by atoms with Crippen molar-refractivity contribution in [3.8, 4) is 0 Å². The highest BCUT2D eigenvalue weighted by Crippen LogP contribution is 2.50. The second-order valence-electron chi connectivity index (χ2n) is 7.05. The Balaban J connectivity index is 2.63. The van der Waals surface area contributed by atoms with Crippen LogP contribution in [-0.4, -0.2) is 22.8 Å². The predicted molar refractivity (Wildman–Crippen MR) is 100 cm³/mol. The number of hydrogen-bond donors (Lipinski definition) is 0. The van der Waals surface area contributed by atoms with E-state index in [4.69, 9.17) is 8.85 Å². The van der Waals surface area contributed by atoms with E-state index in [0.29, 0.717) is 11.8 Å². The summed E-state index contributed by atoms with van der Waals surface area (Å²) >= 11 is 0. The first-order valence-electron chi connectivity index (χ1n) is 9.68. The SMILES string of the molecule is CCC1=C([Si](OC)(OC)C2=C(CC)CCC2CC)C(CC)CC1. The van der Waals surface area contributed by atoms with Gasteiger partial charge in [0.25, 0.3) is 0 Å². The average Bonchev–Trinajstić information content (AvgIpc) is 3.21. The van der Waals surface area contributed by atoms with Gasteiger partial charge >= 0.3 is 8.56 Å². The molecule has 0 saturated heterocycles. The zero-order valence-electron chi connectivity index (χ0n) is 16.1. The van der Waals surface area contributed by atoms with Crippen LogP contribution in [0.5, 0.6) is 0 Å². The van der Waals surface area contributed by atoms with Gasteiger partial charge in [0.15, 0.2) is 0 Å². The molecule has 0 radical (unpaired) electrons. The molecule has 23 heavy (non-hydrogen) atoms. The van der Waals surface area contributed by atoms with Crippen molar-refractivity contribution >= 4 is 8.56 Å². The van der Waals surface area contributed by atoms with Crippen LogP contribution in [-0.2, 0) is 8.85 Å². The lowest BCUT2D eigenvalue weighted by molar-refractivity contribution is 0.252. The Labute approximate surface area is 144 Å². The molecule has 2 unspecified atom stereocenters. The normalized spacial score (nSPS) is 25.8. The van der Waals surface area contributed by atoms with Gasteiger partial charge in [-0.15, -0.1) is 0 Å². The minimum atomic E-state index is -2.45. The van der Waals surface area contributed by atoms with Gasteiger partial charge in [-0.05, 0) is 73.6 Å². The Morgan fingerprint density at radius 1 is 0.783 bits per heavy atom. The molecule has 2 aliphatic carbocycles. The Hall–Kier alpha value is -0.383. The molecule has 2 atom stereocenters. The molecule has 2 nitrogen and oxygen atoms in total. The van der Waals surface area contributed by atoms with Crippen LogP contribution in [0.4, 0.5) is 0 Å². The topological polar surface area (TPSA) is 18.5 Å². The van der Waals surface area contributed by atoms with Gasteiger partial charge in [0.05, 0.1) is 0 Å². The van der Waals surface area contributed by atoms with E-state index in [9.17, 15) is 0 Å². The maximum absolute atomic E-state index is 6.38. The summed E-state index contributed by atoms with van der Waals surface area (Å²) in [6.07, 6.45) is 9.81. The van der Waals surface area contributed by atoms with Crippen LogP contribution in [0.15, 0.2) is 21.5 Å². The largest absolute Gasteiger partial charge is 0.398 e. The smallest absolute Gasteiger partial charge is 0.391 e. The number of rotatable bonds is 8. The molecule has 0 aliphatic heterocycles. The van der Waals surface area contributed by atoms with Crippen molar-refractivity contribution in [2.75, 3.05) is 14.2 Å². The Bertz CT molecular complexity index is 434. The van der Waals surface area contributed by atoms with Crippen molar-refractivity contribution in [2.45, 2.75) is 79.1 Å². The molecule has 0 fully saturated rings. The third-order valence-corrected chi connectivity index (χ3v) is 10.4. The van der Waals surface area contributed by atoms with E-state index >= 15 is 0 Å². The van der Waals surface area contributed by atoms with Gasteiger partial charge in [-0.25, -0.2) is 0 Å². The molecule has 0 aromatic rings. The summed E-state index contributed by atoms with van der Waals surface area (Å²) in [4.78, 5) is 0. The highest BCUT2D eigenvalue weighted by atomic mass is 28.4. The second kappa shape index (κ2) is 8.13. The van der Waals surface area contributed by atoms with Crippen molar-refractivity contribution in [3.05, 3.63) is 21.5 Å². The first-order chi connectivity index (χ1) is 11.1. The summed E-state index contributed by atoms with van der Waals surface area (Å²) in [7, 11) is 1.36. The molecule has 0 saturated carbocycles. The van der Waals surface area contributed by atoms with E-state index < -0.39 is 8.56 Å². The summed E-state index contributed by atoms with van der Waals surface area (Å²) in [5, 5.41) is 3.21. The molecule has 2 aliphatic rings. The fraction of sp³-hybridized carbons (Fsp3) is 0.800. The summed E-state index contributed by atoms with van der Waals surface area (Å²) < 4.78 is 12.8. The molecule has 0 N–H and O–H groups in total. The second-order valence-corrected chi connectivity index (χ2v) is 10.2. The molecule has 0 aromatic heterocycles. The van der Waals surface area contributed by atoms with Gasteiger partial charge < -0.3 is 8.85 Å². The monoisotopic (exact) mass is 336 g/mol. The van der Waals surface area contributed by atoms with Gasteiger partial charge in [0, 0.05) is 14.2 Å². The highest BCUT2D eigenvalue weighted by molar-refractivity contribution is 6.82. The zero-order valence-corrected chi connectivity index (χ0v) is 17.1. The highest BCUT2D eigenvalue weighted by Gasteiger charge is 2.53. The van der Waals surface area contributed by atoms with E-state index in [-0.39, 0.29) is 0 Å². The van der Waals surface area contributed by atoms with Crippen LogP contribution in [0.3, 0.4) is 0 Å². The maximum Gasteiger partial charge on any atom is 0.398 e. The minimum absolute atomic E-state index is 0.667. The zero-order chi connectivity index (χ0) is 17.0. The number of allylic oxidation sites excluding steroid dienone is 4. The lowest BCUT2D eigenvalue weighted by atomic mass is 10.1. The van der Waals surface area contributed by atoms with E-state index in [0.717, 1.165) is 12.8 Å². The minimum Gasteiger partial charge on any atom is -0.391 e. The standard InChI is InChI=1S/C20H36O2Si/c1-7-15-11-12-16(8-2)19(15)23(21-5,22-6)20-17(9-3)13-14-18(20)10-4/h15,17H,7-14H2,1-6H3. The third kappa shape index (κ3) is 3.12. The van der Waals surface area contributed by atoms with Crippen LogP contribution in [0.1, 0.15) is 79.1 Å². The molecular formula is C20H36O2Si. The molecule has 0 amide bonds. The van der Waals surface area contributed by atoms with Crippen LogP contribution in [0.2, 0.25) is 0 Å². The van der Waals surface area contributed by atoms with Crippen LogP contribution in [0.25, 0.3) is 0 Å². The lowest BCUT2D eigenvalue weighted by Crippen LogP contribution is -2.49. The van der Waals surface area contributed by atoms with Crippen LogP contribution in [0, 0.1) is 11.8 Å². The fourth-order valence-electron chi connectivity index (χ4n) is 5.05. The molecule has 0 aromatic carbocycles. The predicted octanol–water partition coefficient (Wildman–Crippen LogP) is 5.85. The van der Waals surface area contributed by atoms with Crippen LogP contribution >= 0.6 is 0 Å². The molecule has 0 bridgehead atoms. The van der Waals surface area contributed by atoms with Crippen molar-refractivity contribution in [3.63, 3.8) is 0 Å². The van der Waals surface area contributed by atoms with Crippen molar-refractivity contribution < 1.29 is 8.85 Å². The molecule has 0 heterocycles. The van der Waals surface area contributed by atoms with E-state index in [1.165, 1.54) is 38.5 Å². The Morgan fingerprint density at radius 2 is 1.17 bits per heavy atom.